The Labute approximate surface area is 205 Å². The molecule has 186 valence electrons. The summed E-state index contributed by atoms with van der Waals surface area (Å²) in [6, 6.07) is 6.29. The van der Waals surface area contributed by atoms with Crippen LogP contribution in [0.25, 0.3) is 11.3 Å². The number of halogens is 4. The smallest absolute Gasteiger partial charge is 0.248 e. The van der Waals surface area contributed by atoms with Gasteiger partial charge in [-0.2, -0.15) is 0 Å². The van der Waals surface area contributed by atoms with Crippen molar-refractivity contribution < 1.29 is 18.0 Å². The highest BCUT2D eigenvalue weighted by Gasteiger charge is 2.37. The second-order valence-corrected chi connectivity index (χ2v) is 9.51. The Balaban J connectivity index is 0.00000324. The maximum absolute atomic E-state index is 13.4. The lowest BCUT2D eigenvalue weighted by atomic mass is 9.84. The van der Waals surface area contributed by atoms with Gasteiger partial charge in [-0.05, 0) is 74.9 Å². The van der Waals surface area contributed by atoms with Crippen molar-refractivity contribution in [3.63, 3.8) is 0 Å². The van der Waals surface area contributed by atoms with Gasteiger partial charge in [0.25, 0.3) is 0 Å². The van der Waals surface area contributed by atoms with Crippen LogP contribution in [0.5, 0.6) is 0 Å². The molecule has 9 heteroatoms. The molecule has 1 aromatic heterocycles. The van der Waals surface area contributed by atoms with Gasteiger partial charge in [-0.1, -0.05) is 0 Å². The summed E-state index contributed by atoms with van der Waals surface area (Å²) in [4.78, 5) is 16.9. The van der Waals surface area contributed by atoms with Crippen molar-refractivity contribution in [1.82, 2.24) is 15.1 Å². The molecule has 0 bridgehead atoms. The van der Waals surface area contributed by atoms with E-state index in [-0.39, 0.29) is 48.9 Å². The van der Waals surface area contributed by atoms with Gasteiger partial charge >= 0.3 is 0 Å². The molecule has 1 aromatic carbocycles. The molecule has 2 aromatic rings. The Morgan fingerprint density at radius 2 is 1.71 bits per heavy atom. The number of alkyl halides is 2. The molecular weight excluding hydrogens is 465 g/mol. The highest BCUT2D eigenvalue weighted by Crippen LogP contribution is 2.38. The lowest BCUT2D eigenvalue weighted by Gasteiger charge is -2.41. The van der Waals surface area contributed by atoms with Crippen LogP contribution < -0.4 is 4.90 Å². The van der Waals surface area contributed by atoms with Crippen LogP contribution >= 0.6 is 12.4 Å². The summed E-state index contributed by atoms with van der Waals surface area (Å²) in [5.74, 6) is -1.95. The number of hydrogen-bond acceptors (Lipinski definition) is 4. The van der Waals surface area contributed by atoms with Crippen LogP contribution in [0.3, 0.4) is 0 Å². The Bertz CT molecular complexity index is 1010. The predicted octanol–water partition coefficient (Wildman–Crippen LogP) is 5.57. The van der Waals surface area contributed by atoms with Crippen molar-refractivity contribution in [1.29, 1.82) is 0 Å². The molecule has 0 spiro atoms. The van der Waals surface area contributed by atoms with Gasteiger partial charge < -0.3 is 9.80 Å². The minimum absolute atomic E-state index is 0. The molecule has 1 aliphatic carbocycles. The van der Waals surface area contributed by atoms with Gasteiger partial charge in [-0.3, -0.25) is 4.79 Å². The van der Waals surface area contributed by atoms with Crippen molar-refractivity contribution >= 4 is 24.1 Å². The molecule has 34 heavy (non-hydrogen) atoms. The number of nitrogens with zero attached hydrogens (tertiary/aromatic N) is 4. The topological polar surface area (TPSA) is 49.3 Å². The standard InChI is InChI=1S/C25H31F3N4O.ClH/c1-16-15-31(22(33)14-19-8-10-25(27,28)11-9-19)12-13-32(16)24-18(3)17(2)23(29-30-24)20-4-6-21(26)7-5-20;/h4-7,16,19H,8-15H2,1-3H3;1H. The number of carbonyl (C=O) groups excluding carboxylic acids is 1. The van der Waals surface area contributed by atoms with E-state index in [0.717, 1.165) is 28.2 Å². The van der Waals surface area contributed by atoms with Gasteiger partial charge in [0, 0.05) is 50.5 Å². The van der Waals surface area contributed by atoms with E-state index in [4.69, 9.17) is 0 Å². The molecule has 1 aliphatic heterocycles. The van der Waals surface area contributed by atoms with E-state index in [1.165, 1.54) is 12.1 Å². The molecule has 1 amide bonds. The quantitative estimate of drug-likeness (QED) is 0.555. The fourth-order valence-electron chi connectivity index (χ4n) is 4.93. The Morgan fingerprint density at radius 1 is 1.06 bits per heavy atom. The third-order valence-electron chi connectivity index (χ3n) is 7.17. The second-order valence-electron chi connectivity index (χ2n) is 9.51. The summed E-state index contributed by atoms with van der Waals surface area (Å²) in [5, 5.41) is 8.93. The highest BCUT2D eigenvalue weighted by molar-refractivity contribution is 5.85. The number of benzene rings is 1. The first kappa shape index (κ1) is 26.3. The SMILES string of the molecule is Cc1c(-c2ccc(F)cc2)nnc(N2CCN(C(=O)CC3CCC(F)(F)CC3)CC2C)c1C.Cl. The van der Waals surface area contributed by atoms with Gasteiger partial charge in [0.15, 0.2) is 5.82 Å². The number of amides is 1. The molecule has 1 unspecified atom stereocenters. The van der Waals surface area contributed by atoms with Crippen molar-refractivity contribution in [2.75, 3.05) is 24.5 Å². The van der Waals surface area contributed by atoms with Crippen molar-refractivity contribution in [2.24, 2.45) is 5.92 Å². The first-order chi connectivity index (χ1) is 15.6. The van der Waals surface area contributed by atoms with Crippen molar-refractivity contribution in [3.8, 4) is 11.3 Å². The van der Waals surface area contributed by atoms with Crippen LogP contribution in [-0.4, -0.2) is 52.6 Å². The molecule has 0 radical (unpaired) electrons. The van der Waals surface area contributed by atoms with E-state index in [1.807, 2.05) is 18.7 Å². The van der Waals surface area contributed by atoms with Crippen LogP contribution in [0.2, 0.25) is 0 Å². The molecule has 1 saturated carbocycles. The van der Waals surface area contributed by atoms with Gasteiger partial charge in [-0.15, -0.1) is 22.6 Å². The number of anilines is 1. The van der Waals surface area contributed by atoms with Crippen LogP contribution in [0.1, 0.15) is 50.2 Å². The van der Waals surface area contributed by atoms with Crippen LogP contribution in [0.4, 0.5) is 19.0 Å². The largest absolute Gasteiger partial charge is 0.349 e. The first-order valence-corrected chi connectivity index (χ1v) is 11.7. The van der Waals surface area contributed by atoms with Gasteiger partial charge in [0.1, 0.15) is 5.82 Å². The van der Waals surface area contributed by atoms with Crippen LogP contribution in [0.15, 0.2) is 24.3 Å². The highest BCUT2D eigenvalue weighted by atomic mass is 35.5. The number of piperazine rings is 1. The first-order valence-electron chi connectivity index (χ1n) is 11.7. The summed E-state index contributed by atoms with van der Waals surface area (Å²) in [6.45, 7) is 7.85. The summed E-state index contributed by atoms with van der Waals surface area (Å²) in [7, 11) is 0. The van der Waals surface area contributed by atoms with Gasteiger partial charge in [0.05, 0.1) is 5.69 Å². The Hall–Kier alpha value is -2.35. The average molecular weight is 497 g/mol. The normalized spacial score (nSPS) is 20.7. The molecule has 1 saturated heterocycles. The Kier molecular flexibility index (Phi) is 8.11. The van der Waals surface area contributed by atoms with Crippen molar-refractivity contribution in [3.05, 3.63) is 41.2 Å². The molecule has 4 rings (SSSR count). The third-order valence-corrected chi connectivity index (χ3v) is 7.17. The van der Waals surface area contributed by atoms with E-state index < -0.39 is 5.92 Å². The number of aromatic nitrogens is 2. The maximum atomic E-state index is 13.4. The average Bonchev–Trinajstić information content (AvgIpc) is 2.78. The zero-order chi connectivity index (χ0) is 23.8. The third kappa shape index (κ3) is 5.65. The monoisotopic (exact) mass is 496 g/mol. The van der Waals surface area contributed by atoms with E-state index >= 15 is 0 Å². The fourth-order valence-corrected chi connectivity index (χ4v) is 4.93. The molecular formula is C25H32ClF3N4O. The minimum Gasteiger partial charge on any atom is -0.349 e. The summed E-state index contributed by atoms with van der Waals surface area (Å²) in [5.41, 5.74) is 3.56. The number of rotatable bonds is 4. The van der Waals surface area contributed by atoms with E-state index in [1.54, 1.807) is 12.1 Å². The van der Waals surface area contributed by atoms with Crippen LogP contribution in [-0.2, 0) is 4.79 Å². The second kappa shape index (κ2) is 10.5. The lowest BCUT2D eigenvalue weighted by molar-refractivity contribution is -0.134. The van der Waals surface area contributed by atoms with Crippen LogP contribution in [0, 0.1) is 25.6 Å². The summed E-state index contributed by atoms with van der Waals surface area (Å²) >= 11 is 0. The molecule has 2 aliphatic rings. The minimum atomic E-state index is -2.57. The predicted molar refractivity (Wildman–Crippen MR) is 129 cm³/mol. The summed E-state index contributed by atoms with van der Waals surface area (Å²) in [6.07, 6.45) is 0.971. The number of hydrogen-bond donors (Lipinski definition) is 0. The van der Waals surface area contributed by atoms with Crippen molar-refractivity contribution in [2.45, 2.75) is 64.8 Å². The van der Waals surface area contributed by atoms with E-state index in [2.05, 4.69) is 22.0 Å². The number of carbonyl (C=O) groups is 1. The fraction of sp³-hybridized carbons (Fsp3) is 0.560. The molecule has 0 N–H and O–H groups in total. The molecule has 1 atom stereocenters. The molecule has 2 heterocycles. The van der Waals surface area contributed by atoms with E-state index in [9.17, 15) is 18.0 Å². The van der Waals surface area contributed by atoms with Gasteiger partial charge in [0.2, 0.25) is 11.8 Å². The molecule has 5 nitrogen and oxygen atoms in total. The summed E-state index contributed by atoms with van der Waals surface area (Å²) < 4.78 is 40.1. The van der Waals surface area contributed by atoms with E-state index in [0.29, 0.717) is 38.9 Å². The Morgan fingerprint density at radius 3 is 2.32 bits per heavy atom. The molecule has 2 fully saturated rings. The maximum Gasteiger partial charge on any atom is 0.248 e. The van der Waals surface area contributed by atoms with Gasteiger partial charge in [-0.25, -0.2) is 13.2 Å². The lowest BCUT2D eigenvalue weighted by Crippen LogP contribution is -2.54. The zero-order valence-corrected chi connectivity index (χ0v) is 20.7. The zero-order valence-electron chi connectivity index (χ0n) is 19.9.